The first-order valence-electron chi connectivity index (χ1n) is 5.51. The molecule has 0 N–H and O–H groups in total. The van der Waals surface area contributed by atoms with E-state index < -0.39 is 0 Å². The summed E-state index contributed by atoms with van der Waals surface area (Å²) in [6.45, 7) is 1.04. The summed E-state index contributed by atoms with van der Waals surface area (Å²) in [7, 11) is 0. The molecule has 0 saturated heterocycles. The number of hydrogen-bond acceptors (Lipinski definition) is 4. The fourth-order valence-corrected chi connectivity index (χ4v) is 3.22. The monoisotopic (exact) mass is 289 g/mol. The van der Waals surface area contributed by atoms with Crippen LogP contribution in [0.25, 0.3) is 0 Å². The molecule has 2 rings (SSSR count). The third-order valence-corrected chi connectivity index (χ3v) is 3.99. The van der Waals surface area contributed by atoms with Crippen LogP contribution >= 0.6 is 27.5 Å². The van der Waals surface area contributed by atoms with Gasteiger partial charge in [0.2, 0.25) is 5.13 Å². The summed E-state index contributed by atoms with van der Waals surface area (Å²) in [5.41, 5.74) is 0. The van der Waals surface area contributed by atoms with Crippen molar-refractivity contribution in [2.75, 3.05) is 16.8 Å². The third-order valence-electron chi connectivity index (χ3n) is 2.94. The van der Waals surface area contributed by atoms with Gasteiger partial charge in [-0.1, -0.05) is 35.2 Å². The Morgan fingerprint density at radius 1 is 1.40 bits per heavy atom. The fourth-order valence-electron chi connectivity index (χ4n) is 2.21. The van der Waals surface area contributed by atoms with E-state index in [0.29, 0.717) is 6.04 Å². The van der Waals surface area contributed by atoms with Gasteiger partial charge in [-0.2, -0.15) is 4.37 Å². The van der Waals surface area contributed by atoms with Crippen LogP contribution in [-0.2, 0) is 0 Å². The molecule has 0 aliphatic heterocycles. The van der Waals surface area contributed by atoms with Crippen LogP contribution in [0.1, 0.15) is 32.1 Å². The molecule has 0 radical (unpaired) electrons. The molecule has 1 aromatic heterocycles. The van der Waals surface area contributed by atoms with Crippen molar-refractivity contribution in [3.63, 3.8) is 0 Å². The molecule has 5 heteroatoms. The first kappa shape index (κ1) is 11.3. The fraction of sp³-hybridized carbons (Fsp3) is 0.800. The maximum atomic E-state index is 4.32. The molecule has 0 bridgehead atoms. The average molecular weight is 290 g/mol. The Kier molecular flexibility index (Phi) is 4.38. The van der Waals surface area contributed by atoms with E-state index in [-0.39, 0.29) is 0 Å². The Hall–Kier alpha value is -0.160. The molecule has 1 aliphatic rings. The second kappa shape index (κ2) is 5.80. The van der Waals surface area contributed by atoms with E-state index in [9.17, 15) is 0 Å². The predicted octanol–water partition coefficient (Wildman–Crippen LogP) is 3.07. The summed E-state index contributed by atoms with van der Waals surface area (Å²) in [5.74, 6) is 0. The Morgan fingerprint density at radius 2 is 2.20 bits per heavy atom. The van der Waals surface area contributed by atoms with E-state index in [4.69, 9.17) is 0 Å². The molecule has 15 heavy (non-hydrogen) atoms. The number of rotatable bonds is 4. The normalized spacial score (nSPS) is 17.9. The molecule has 1 aromatic rings. The highest BCUT2D eigenvalue weighted by Crippen LogP contribution is 2.27. The zero-order valence-corrected chi connectivity index (χ0v) is 11.1. The van der Waals surface area contributed by atoms with E-state index >= 15 is 0 Å². The van der Waals surface area contributed by atoms with Crippen molar-refractivity contribution in [2.24, 2.45) is 0 Å². The highest BCUT2D eigenvalue weighted by molar-refractivity contribution is 9.09. The number of aromatic nitrogens is 2. The molecular formula is C10H16BrN3S. The lowest BCUT2D eigenvalue weighted by Gasteiger charge is -2.33. The Balaban J connectivity index is 2.04. The van der Waals surface area contributed by atoms with Crippen molar-refractivity contribution in [3.8, 4) is 0 Å². The molecule has 3 nitrogen and oxygen atoms in total. The van der Waals surface area contributed by atoms with Crippen LogP contribution in [0, 0.1) is 0 Å². The maximum Gasteiger partial charge on any atom is 0.205 e. The van der Waals surface area contributed by atoms with E-state index in [1.165, 1.54) is 43.6 Å². The van der Waals surface area contributed by atoms with Crippen molar-refractivity contribution < 1.29 is 0 Å². The zero-order chi connectivity index (χ0) is 10.5. The van der Waals surface area contributed by atoms with Gasteiger partial charge in [0.1, 0.15) is 6.33 Å². The Labute approximate surface area is 103 Å². The molecule has 0 amide bonds. The molecule has 1 heterocycles. The first-order chi connectivity index (χ1) is 7.42. The van der Waals surface area contributed by atoms with E-state index in [1.807, 2.05) is 0 Å². The van der Waals surface area contributed by atoms with Gasteiger partial charge in [-0.3, -0.25) is 0 Å². The van der Waals surface area contributed by atoms with Gasteiger partial charge in [0.25, 0.3) is 0 Å². The molecular weight excluding hydrogens is 274 g/mol. The Bertz CT molecular complexity index is 272. The van der Waals surface area contributed by atoms with E-state index in [2.05, 4.69) is 30.2 Å². The number of anilines is 1. The standard InChI is InChI=1S/C10H16BrN3S/c11-6-7-14(10-12-8-13-15-10)9-4-2-1-3-5-9/h8-9H,1-7H2. The summed E-state index contributed by atoms with van der Waals surface area (Å²) < 4.78 is 4.09. The summed E-state index contributed by atoms with van der Waals surface area (Å²) in [6, 6.07) is 0.684. The maximum absolute atomic E-state index is 4.32. The van der Waals surface area contributed by atoms with E-state index in [1.54, 1.807) is 6.33 Å². The lowest BCUT2D eigenvalue weighted by Crippen LogP contribution is -2.38. The van der Waals surface area contributed by atoms with Crippen LogP contribution in [-0.4, -0.2) is 27.3 Å². The van der Waals surface area contributed by atoms with Crippen LogP contribution in [0.5, 0.6) is 0 Å². The van der Waals surface area contributed by atoms with Gasteiger partial charge >= 0.3 is 0 Å². The lowest BCUT2D eigenvalue weighted by atomic mass is 9.94. The molecule has 0 aromatic carbocycles. The van der Waals surface area contributed by atoms with Crippen molar-refractivity contribution in [1.82, 2.24) is 9.36 Å². The quantitative estimate of drug-likeness (QED) is 0.798. The summed E-state index contributed by atoms with van der Waals surface area (Å²) in [5, 5.41) is 2.09. The molecule has 84 valence electrons. The topological polar surface area (TPSA) is 29.0 Å². The van der Waals surface area contributed by atoms with Crippen molar-refractivity contribution >= 4 is 32.6 Å². The summed E-state index contributed by atoms with van der Waals surface area (Å²) >= 11 is 5.03. The highest BCUT2D eigenvalue weighted by Gasteiger charge is 2.22. The second-order valence-electron chi connectivity index (χ2n) is 3.90. The van der Waals surface area contributed by atoms with Crippen LogP contribution in [0.15, 0.2) is 6.33 Å². The Morgan fingerprint density at radius 3 is 2.80 bits per heavy atom. The molecule has 1 fully saturated rings. The summed E-state index contributed by atoms with van der Waals surface area (Å²) in [6.07, 6.45) is 8.41. The smallest absolute Gasteiger partial charge is 0.205 e. The van der Waals surface area contributed by atoms with Gasteiger partial charge in [0, 0.05) is 29.4 Å². The van der Waals surface area contributed by atoms with Crippen molar-refractivity contribution in [2.45, 2.75) is 38.1 Å². The van der Waals surface area contributed by atoms with Crippen LogP contribution in [0.2, 0.25) is 0 Å². The number of alkyl halides is 1. The van der Waals surface area contributed by atoms with Crippen molar-refractivity contribution in [3.05, 3.63) is 6.33 Å². The largest absolute Gasteiger partial charge is 0.343 e. The number of nitrogens with zero attached hydrogens (tertiary/aromatic N) is 3. The van der Waals surface area contributed by atoms with Gasteiger partial charge < -0.3 is 4.90 Å². The van der Waals surface area contributed by atoms with Gasteiger partial charge in [0.05, 0.1) is 0 Å². The molecule has 1 aliphatic carbocycles. The van der Waals surface area contributed by atoms with Crippen molar-refractivity contribution in [1.29, 1.82) is 0 Å². The molecule has 0 spiro atoms. The minimum atomic E-state index is 0.684. The number of hydrogen-bond donors (Lipinski definition) is 0. The molecule has 0 atom stereocenters. The minimum absolute atomic E-state index is 0.684. The summed E-state index contributed by atoms with van der Waals surface area (Å²) in [4.78, 5) is 6.75. The predicted molar refractivity (Wildman–Crippen MR) is 67.9 cm³/mol. The van der Waals surface area contributed by atoms with Gasteiger partial charge in [-0.25, -0.2) is 4.98 Å². The lowest BCUT2D eigenvalue weighted by molar-refractivity contribution is 0.418. The van der Waals surface area contributed by atoms with Gasteiger partial charge in [-0.05, 0) is 12.8 Å². The second-order valence-corrected chi connectivity index (χ2v) is 5.45. The van der Waals surface area contributed by atoms with Crippen LogP contribution in [0.3, 0.4) is 0 Å². The first-order valence-corrected chi connectivity index (χ1v) is 7.40. The third kappa shape index (κ3) is 2.91. The van der Waals surface area contributed by atoms with Gasteiger partial charge in [-0.15, -0.1) is 0 Å². The van der Waals surface area contributed by atoms with Gasteiger partial charge in [0.15, 0.2) is 0 Å². The SMILES string of the molecule is BrCCN(c1ncns1)C1CCCCC1. The average Bonchev–Trinajstić information content (AvgIpc) is 2.80. The van der Waals surface area contributed by atoms with Crippen LogP contribution < -0.4 is 4.90 Å². The minimum Gasteiger partial charge on any atom is -0.343 e. The number of halogens is 1. The molecule has 1 saturated carbocycles. The van der Waals surface area contributed by atoms with E-state index in [0.717, 1.165) is 17.0 Å². The van der Waals surface area contributed by atoms with Crippen LogP contribution in [0.4, 0.5) is 5.13 Å². The highest BCUT2D eigenvalue weighted by atomic mass is 79.9. The molecule has 0 unspecified atom stereocenters. The zero-order valence-electron chi connectivity index (χ0n) is 8.73.